The fourth-order valence-electron chi connectivity index (χ4n) is 3.26. The first-order chi connectivity index (χ1) is 14.5. The van der Waals surface area contributed by atoms with E-state index in [1.54, 1.807) is 0 Å². The molecule has 0 spiro atoms. The highest BCUT2D eigenvalue weighted by Crippen LogP contribution is 2.13. The molecule has 0 radical (unpaired) electrons. The van der Waals surface area contributed by atoms with Gasteiger partial charge in [0.05, 0.1) is 19.8 Å². The molecule has 0 saturated carbocycles. The Bertz CT molecular complexity index is 369. The Morgan fingerprint density at radius 1 is 0.633 bits per heavy atom. The van der Waals surface area contributed by atoms with Crippen molar-refractivity contribution < 1.29 is 19.0 Å². The van der Waals surface area contributed by atoms with Crippen LogP contribution in [0.4, 0.5) is 4.79 Å². The molecular weight excluding hydrogens is 378 g/mol. The van der Waals surface area contributed by atoms with Gasteiger partial charge in [0.15, 0.2) is 0 Å². The van der Waals surface area contributed by atoms with Gasteiger partial charge in [0.1, 0.15) is 5.60 Å². The molecule has 0 aliphatic heterocycles. The van der Waals surface area contributed by atoms with E-state index in [9.17, 15) is 4.79 Å². The highest BCUT2D eigenvalue weighted by Gasteiger charge is 2.15. The molecule has 0 aromatic heterocycles. The minimum Gasteiger partial charge on any atom is -0.444 e. The first-order valence-electron chi connectivity index (χ1n) is 12.6. The lowest BCUT2D eigenvalue weighted by molar-refractivity contribution is 0.0390. The third-order valence-electron chi connectivity index (χ3n) is 4.93. The highest BCUT2D eigenvalue weighted by molar-refractivity contribution is 5.67. The summed E-state index contributed by atoms with van der Waals surface area (Å²) in [4.78, 5) is 11.4. The number of rotatable bonds is 21. The average Bonchev–Trinajstić information content (AvgIpc) is 2.68. The summed E-state index contributed by atoms with van der Waals surface area (Å²) >= 11 is 0. The maximum absolute atomic E-state index is 11.4. The smallest absolute Gasteiger partial charge is 0.407 e. The number of carbonyl (C=O) groups excluding carboxylic acids is 1. The fraction of sp³-hybridized carbons (Fsp3) is 0.960. The Hall–Kier alpha value is -0.810. The van der Waals surface area contributed by atoms with Gasteiger partial charge in [0.25, 0.3) is 0 Å². The van der Waals surface area contributed by atoms with Gasteiger partial charge in [-0.25, -0.2) is 4.79 Å². The summed E-state index contributed by atoms with van der Waals surface area (Å²) in [6.07, 6.45) is 18.8. The van der Waals surface area contributed by atoms with Crippen LogP contribution in [-0.2, 0) is 14.2 Å². The molecule has 1 N–H and O–H groups in total. The molecule has 0 unspecified atom stereocenters. The number of hydrogen-bond donors (Lipinski definition) is 1. The zero-order valence-electron chi connectivity index (χ0n) is 20.6. The monoisotopic (exact) mass is 429 g/mol. The summed E-state index contributed by atoms with van der Waals surface area (Å²) in [6, 6.07) is 0. The van der Waals surface area contributed by atoms with Crippen LogP contribution in [0.3, 0.4) is 0 Å². The molecule has 0 aliphatic rings. The maximum atomic E-state index is 11.4. The molecule has 0 saturated heterocycles. The first-order valence-corrected chi connectivity index (χ1v) is 12.6. The SMILES string of the molecule is CCCCCCCCCCCCCCCCOCCOCCNC(=O)OC(C)(C)C. The van der Waals surface area contributed by atoms with Crippen molar-refractivity contribution in [2.45, 2.75) is 123 Å². The molecule has 5 heteroatoms. The highest BCUT2D eigenvalue weighted by atomic mass is 16.6. The topological polar surface area (TPSA) is 56.8 Å². The third-order valence-corrected chi connectivity index (χ3v) is 4.93. The van der Waals surface area contributed by atoms with E-state index in [4.69, 9.17) is 14.2 Å². The molecule has 0 rings (SSSR count). The van der Waals surface area contributed by atoms with Crippen LogP contribution < -0.4 is 5.32 Å². The summed E-state index contributed by atoms with van der Waals surface area (Å²) in [5, 5.41) is 2.67. The van der Waals surface area contributed by atoms with Gasteiger partial charge in [0.2, 0.25) is 0 Å². The summed E-state index contributed by atoms with van der Waals surface area (Å²) in [5.41, 5.74) is -0.466. The number of unbranched alkanes of at least 4 members (excludes halogenated alkanes) is 13. The van der Waals surface area contributed by atoms with Gasteiger partial charge in [-0.05, 0) is 27.2 Å². The molecule has 5 nitrogen and oxygen atoms in total. The fourth-order valence-corrected chi connectivity index (χ4v) is 3.26. The Morgan fingerprint density at radius 3 is 1.53 bits per heavy atom. The van der Waals surface area contributed by atoms with Crippen LogP contribution in [-0.4, -0.2) is 44.7 Å². The van der Waals surface area contributed by atoms with Crippen LogP contribution >= 0.6 is 0 Å². The van der Waals surface area contributed by atoms with Gasteiger partial charge in [-0.1, -0.05) is 90.4 Å². The number of nitrogens with one attached hydrogen (secondary N) is 1. The summed E-state index contributed by atoms with van der Waals surface area (Å²) in [5.74, 6) is 0. The Kier molecular flexibility index (Phi) is 20.8. The van der Waals surface area contributed by atoms with Crippen molar-refractivity contribution in [1.29, 1.82) is 0 Å². The Balaban J connectivity index is 3.11. The van der Waals surface area contributed by atoms with Gasteiger partial charge < -0.3 is 19.5 Å². The van der Waals surface area contributed by atoms with Crippen LogP contribution in [0.15, 0.2) is 0 Å². The molecule has 0 heterocycles. The van der Waals surface area contributed by atoms with Crippen molar-refractivity contribution in [2.75, 3.05) is 33.0 Å². The maximum Gasteiger partial charge on any atom is 0.407 e. The summed E-state index contributed by atoms with van der Waals surface area (Å²) in [6.45, 7) is 10.7. The van der Waals surface area contributed by atoms with Crippen LogP contribution in [0.2, 0.25) is 0 Å². The van der Waals surface area contributed by atoms with Crippen molar-refractivity contribution in [2.24, 2.45) is 0 Å². The quantitative estimate of drug-likeness (QED) is 0.199. The molecule has 1 amide bonds. The zero-order chi connectivity index (χ0) is 22.3. The first kappa shape index (κ1) is 29.2. The lowest BCUT2D eigenvalue weighted by Gasteiger charge is -2.19. The molecule has 0 aromatic rings. The van der Waals surface area contributed by atoms with Crippen LogP contribution in [0.5, 0.6) is 0 Å². The normalized spacial score (nSPS) is 11.6. The Labute approximate surface area is 187 Å². The molecule has 0 aliphatic carbocycles. The molecule has 0 fully saturated rings. The van der Waals surface area contributed by atoms with E-state index in [-0.39, 0.29) is 0 Å². The third kappa shape index (κ3) is 25.2. The second-order valence-corrected chi connectivity index (χ2v) is 9.25. The molecular formula is C25H51NO4. The van der Waals surface area contributed by atoms with E-state index >= 15 is 0 Å². The van der Waals surface area contributed by atoms with Crippen molar-refractivity contribution in [1.82, 2.24) is 5.32 Å². The lowest BCUT2D eigenvalue weighted by atomic mass is 10.0. The number of ether oxygens (including phenoxy) is 3. The van der Waals surface area contributed by atoms with Crippen molar-refractivity contribution in [3.63, 3.8) is 0 Å². The van der Waals surface area contributed by atoms with Gasteiger partial charge in [-0.15, -0.1) is 0 Å². The number of hydrogen-bond acceptors (Lipinski definition) is 4. The molecule has 0 aromatic carbocycles. The van der Waals surface area contributed by atoms with Gasteiger partial charge in [-0.2, -0.15) is 0 Å². The van der Waals surface area contributed by atoms with E-state index in [1.165, 1.54) is 83.5 Å². The van der Waals surface area contributed by atoms with Crippen molar-refractivity contribution >= 4 is 6.09 Å². The summed E-state index contributed by atoms with van der Waals surface area (Å²) < 4.78 is 16.2. The molecule has 30 heavy (non-hydrogen) atoms. The van der Waals surface area contributed by atoms with Crippen molar-refractivity contribution in [3.8, 4) is 0 Å². The Morgan fingerprint density at radius 2 is 1.07 bits per heavy atom. The minimum atomic E-state index is -0.466. The van der Waals surface area contributed by atoms with E-state index < -0.39 is 11.7 Å². The predicted molar refractivity (Wildman–Crippen MR) is 126 cm³/mol. The number of amides is 1. The number of carbonyl (C=O) groups is 1. The van der Waals surface area contributed by atoms with Crippen LogP contribution in [0.1, 0.15) is 118 Å². The van der Waals surface area contributed by atoms with E-state index in [1.807, 2.05) is 20.8 Å². The molecule has 180 valence electrons. The largest absolute Gasteiger partial charge is 0.444 e. The van der Waals surface area contributed by atoms with E-state index in [0.717, 1.165) is 13.0 Å². The average molecular weight is 430 g/mol. The van der Waals surface area contributed by atoms with Gasteiger partial charge in [0, 0.05) is 13.2 Å². The standard InChI is InChI=1S/C25H51NO4/c1-5-6-7-8-9-10-11-12-13-14-15-16-17-18-20-28-22-23-29-21-19-26-24(27)30-25(2,3)4/h5-23H2,1-4H3,(H,26,27). The second-order valence-electron chi connectivity index (χ2n) is 9.25. The zero-order valence-corrected chi connectivity index (χ0v) is 20.6. The van der Waals surface area contributed by atoms with Gasteiger partial charge >= 0.3 is 6.09 Å². The second kappa shape index (κ2) is 21.4. The minimum absolute atomic E-state index is 0.403. The summed E-state index contributed by atoms with van der Waals surface area (Å²) in [7, 11) is 0. The number of alkyl carbamates (subject to hydrolysis) is 1. The van der Waals surface area contributed by atoms with Crippen LogP contribution in [0.25, 0.3) is 0 Å². The molecule has 0 bridgehead atoms. The van der Waals surface area contributed by atoms with Crippen LogP contribution in [0, 0.1) is 0 Å². The van der Waals surface area contributed by atoms with Gasteiger partial charge in [-0.3, -0.25) is 0 Å². The van der Waals surface area contributed by atoms with E-state index in [0.29, 0.717) is 26.4 Å². The lowest BCUT2D eigenvalue weighted by Crippen LogP contribution is -2.34. The van der Waals surface area contributed by atoms with Crippen molar-refractivity contribution in [3.05, 3.63) is 0 Å². The predicted octanol–water partition coefficient (Wildman–Crippen LogP) is 7.03. The van der Waals surface area contributed by atoms with E-state index in [2.05, 4.69) is 12.2 Å². The molecule has 0 atom stereocenters.